The Kier molecular flexibility index (Phi) is 7.22. The van der Waals surface area contributed by atoms with Crippen LogP contribution in [0, 0.1) is 11.8 Å². The van der Waals surface area contributed by atoms with Crippen LogP contribution in [0.15, 0.2) is 22.7 Å². The number of carbonyl (C=O) groups is 3. The van der Waals surface area contributed by atoms with E-state index in [2.05, 4.69) is 15.9 Å². The minimum atomic E-state index is -1.66. The standard InChI is InChI=1S/C20H25BrO7/c1-5-27-18(23)16-13(22)10-20(3,25)17(19(24)28-6-2)15(16)11-7-8-14(26-4)12(21)9-11/h7-9,15-17,25H,5-6,10H2,1-4H3/t15-,16-,17-,20+/m1/s1. The number of rotatable bonds is 6. The maximum atomic E-state index is 12.8. The molecule has 2 rings (SSSR count). The van der Waals surface area contributed by atoms with Gasteiger partial charge in [0.15, 0.2) is 5.78 Å². The Morgan fingerprint density at radius 2 is 1.82 bits per heavy atom. The zero-order chi connectivity index (χ0) is 21.1. The van der Waals surface area contributed by atoms with E-state index in [1.54, 1.807) is 32.0 Å². The van der Waals surface area contributed by atoms with Crippen LogP contribution in [-0.4, -0.2) is 48.8 Å². The molecule has 7 nitrogen and oxygen atoms in total. The van der Waals surface area contributed by atoms with E-state index in [0.29, 0.717) is 15.8 Å². The number of carbonyl (C=O) groups excluding carboxylic acids is 3. The molecule has 1 aliphatic rings. The Balaban J connectivity index is 2.65. The number of Topliss-reactive ketones (excluding diaryl/α,β-unsaturated/α-hetero) is 1. The summed E-state index contributed by atoms with van der Waals surface area (Å²) in [6.07, 6.45) is -0.339. The molecule has 4 atom stereocenters. The number of halogens is 1. The largest absolute Gasteiger partial charge is 0.496 e. The quantitative estimate of drug-likeness (QED) is 0.518. The van der Waals surface area contributed by atoms with Crippen LogP contribution in [0.5, 0.6) is 5.75 Å². The summed E-state index contributed by atoms with van der Waals surface area (Å²) >= 11 is 3.39. The van der Waals surface area contributed by atoms with Gasteiger partial charge in [0, 0.05) is 12.3 Å². The van der Waals surface area contributed by atoms with Gasteiger partial charge in [0.2, 0.25) is 0 Å². The van der Waals surface area contributed by atoms with Gasteiger partial charge in [-0.25, -0.2) is 0 Å². The fourth-order valence-corrected chi connectivity index (χ4v) is 4.33. The molecule has 154 valence electrons. The molecule has 0 aliphatic heterocycles. The van der Waals surface area contributed by atoms with Crippen molar-refractivity contribution in [2.45, 2.75) is 38.7 Å². The zero-order valence-electron chi connectivity index (χ0n) is 16.4. The fraction of sp³-hybridized carbons (Fsp3) is 0.550. The second-order valence-corrected chi connectivity index (χ2v) is 7.73. The number of ketones is 1. The summed E-state index contributed by atoms with van der Waals surface area (Å²) in [4.78, 5) is 38.2. The topological polar surface area (TPSA) is 99.1 Å². The summed E-state index contributed by atoms with van der Waals surface area (Å²) in [7, 11) is 1.51. The fourth-order valence-electron chi connectivity index (χ4n) is 3.77. The Morgan fingerprint density at radius 1 is 1.21 bits per heavy atom. The molecule has 0 radical (unpaired) electrons. The maximum Gasteiger partial charge on any atom is 0.317 e. The van der Waals surface area contributed by atoms with Crippen LogP contribution < -0.4 is 4.74 Å². The summed E-state index contributed by atoms with van der Waals surface area (Å²) in [6.45, 7) is 4.93. The lowest BCUT2D eigenvalue weighted by atomic mass is 9.61. The van der Waals surface area contributed by atoms with E-state index < -0.39 is 41.1 Å². The second-order valence-electron chi connectivity index (χ2n) is 6.88. The van der Waals surface area contributed by atoms with Crippen molar-refractivity contribution in [3.8, 4) is 5.75 Å². The van der Waals surface area contributed by atoms with Crippen LogP contribution in [0.1, 0.15) is 38.7 Å². The number of hydrogen-bond donors (Lipinski definition) is 1. The summed E-state index contributed by atoms with van der Waals surface area (Å²) in [5, 5.41) is 10.9. The third-order valence-electron chi connectivity index (χ3n) is 4.91. The molecule has 8 heteroatoms. The van der Waals surface area contributed by atoms with Crippen LogP contribution in [0.3, 0.4) is 0 Å². The predicted octanol–water partition coefficient (Wildman–Crippen LogP) is 2.62. The normalized spacial score (nSPS) is 27.2. The molecule has 1 fully saturated rings. The summed E-state index contributed by atoms with van der Waals surface area (Å²) in [6, 6.07) is 5.01. The van der Waals surface area contributed by atoms with Gasteiger partial charge in [0.05, 0.1) is 36.3 Å². The number of aliphatic hydroxyl groups is 1. The average molecular weight is 457 g/mol. The molecule has 0 bridgehead atoms. The summed E-state index contributed by atoms with van der Waals surface area (Å²) in [5.41, 5.74) is -1.14. The van der Waals surface area contributed by atoms with Crippen LogP contribution in [0.25, 0.3) is 0 Å². The van der Waals surface area contributed by atoms with E-state index in [1.165, 1.54) is 14.0 Å². The van der Waals surface area contributed by atoms with Crippen LogP contribution in [-0.2, 0) is 23.9 Å². The number of esters is 2. The molecular formula is C20H25BrO7. The third kappa shape index (κ3) is 4.38. The van der Waals surface area contributed by atoms with Crippen molar-refractivity contribution in [2.24, 2.45) is 11.8 Å². The van der Waals surface area contributed by atoms with Gasteiger partial charge in [-0.05, 0) is 54.4 Å². The molecule has 1 saturated carbocycles. The highest BCUT2D eigenvalue weighted by atomic mass is 79.9. The molecule has 0 unspecified atom stereocenters. The summed E-state index contributed by atoms with van der Waals surface area (Å²) < 4.78 is 16.1. The van der Waals surface area contributed by atoms with Crippen molar-refractivity contribution in [3.05, 3.63) is 28.2 Å². The van der Waals surface area contributed by atoms with Crippen molar-refractivity contribution in [2.75, 3.05) is 20.3 Å². The lowest BCUT2D eigenvalue weighted by Gasteiger charge is -2.43. The van der Waals surface area contributed by atoms with Gasteiger partial charge in [0.25, 0.3) is 0 Å². The molecule has 0 amide bonds. The Morgan fingerprint density at radius 3 is 2.36 bits per heavy atom. The molecular weight excluding hydrogens is 432 g/mol. The number of benzene rings is 1. The number of methoxy groups -OCH3 is 1. The minimum Gasteiger partial charge on any atom is -0.496 e. The SMILES string of the molecule is CCOC(=O)[C@@H]1C(=O)C[C@](C)(O)[C@@H](C(=O)OCC)[C@@H]1c1ccc(OC)c(Br)c1. The van der Waals surface area contributed by atoms with Gasteiger partial charge < -0.3 is 19.3 Å². The lowest BCUT2D eigenvalue weighted by Crippen LogP contribution is -2.55. The smallest absolute Gasteiger partial charge is 0.317 e. The van der Waals surface area contributed by atoms with Gasteiger partial charge >= 0.3 is 11.9 Å². The van der Waals surface area contributed by atoms with Crippen LogP contribution in [0.2, 0.25) is 0 Å². The Labute approximate surface area is 172 Å². The van der Waals surface area contributed by atoms with E-state index in [9.17, 15) is 19.5 Å². The van der Waals surface area contributed by atoms with Gasteiger partial charge in [0.1, 0.15) is 11.7 Å². The highest BCUT2D eigenvalue weighted by Gasteiger charge is 2.57. The lowest BCUT2D eigenvalue weighted by molar-refractivity contribution is -0.172. The van der Waals surface area contributed by atoms with Gasteiger partial charge in [-0.1, -0.05) is 6.07 Å². The van der Waals surface area contributed by atoms with Gasteiger partial charge in [-0.3, -0.25) is 14.4 Å². The molecule has 1 aliphatic carbocycles. The molecule has 1 aromatic rings. The first-order valence-corrected chi connectivity index (χ1v) is 9.89. The highest BCUT2D eigenvalue weighted by molar-refractivity contribution is 9.10. The molecule has 0 saturated heterocycles. The van der Waals surface area contributed by atoms with Crippen LogP contribution >= 0.6 is 15.9 Å². The molecule has 0 heterocycles. The maximum absolute atomic E-state index is 12.8. The minimum absolute atomic E-state index is 0.0993. The van der Waals surface area contributed by atoms with Crippen molar-refractivity contribution < 1.29 is 33.7 Å². The van der Waals surface area contributed by atoms with Crippen molar-refractivity contribution >= 4 is 33.7 Å². The van der Waals surface area contributed by atoms with Gasteiger partial charge in [-0.15, -0.1) is 0 Å². The van der Waals surface area contributed by atoms with E-state index in [-0.39, 0.29) is 19.6 Å². The van der Waals surface area contributed by atoms with Gasteiger partial charge in [-0.2, -0.15) is 0 Å². The Hall–Kier alpha value is -1.93. The van der Waals surface area contributed by atoms with E-state index >= 15 is 0 Å². The average Bonchev–Trinajstić information content (AvgIpc) is 2.60. The molecule has 1 aromatic carbocycles. The predicted molar refractivity (Wildman–Crippen MR) is 104 cm³/mol. The first kappa shape index (κ1) is 22.4. The monoisotopic (exact) mass is 456 g/mol. The first-order valence-electron chi connectivity index (χ1n) is 9.09. The first-order chi connectivity index (χ1) is 13.2. The molecule has 0 aromatic heterocycles. The molecule has 1 N–H and O–H groups in total. The zero-order valence-corrected chi connectivity index (χ0v) is 17.9. The second kappa shape index (κ2) is 9.05. The number of hydrogen-bond acceptors (Lipinski definition) is 7. The van der Waals surface area contributed by atoms with Crippen molar-refractivity contribution in [1.29, 1.82) is 0 Å². The third-order valence-corrected chi connectivity index (χ3v) is 5.53. The molecule has 28 heavy (non-hydrogen) atoms. The van der Waals surface area contributed by atoms with E-state index in [0.717, 1.165) is 0 Å². The van der Waals surface area contributed by atoms with Crippen molar-refractivity contribution in [1.82, 2.24) is 0 Å². The highest BCUT2D eigenvalue weighted by Crippen LogP contribution is 2.47. The Bertz CT molecular complexity index is 759. The van der Waals surface area contributed by atoms with E-state index in [1.807, 2.05) is 0 Å². The van der Waals surface area contributed by atoms with Crippen molar-refractivity contribution in [3.63, 3.8) is 0 Å². The van der Waals surface area contributed by atoms with E-state index in [4.69, 9.17) is 14.2 Å². The molecule has 0 spiro atoms. The summed E-state index contributed by atoms with van der Waals surface area (Å²) in [5.74, 6) is -4.55. The van der Waals surface area contributed by atoms with Crippen LogP contribution in [0.4, 0.5) is 0 Å². The number of ether oxygens (including phenoxy) is 3.